The van der Waals surface area contributed by atoms with Gasteiger partial charge in [-0.1, -0.05) is 77.6 Å². The van der Waals surface area contributed by atoms with Crippen LogP contribution in [0.2, 0.25) is 0 Å². The van der Waals surface area contributed by atoms with E-state index >= 15 is 0 Å². The highest BCUT2D eigenvalue weighted by Crippen LogP contribution is 2.13. The zero-order valence-corrected chi connectivity index (χ0v) is 18.1. The molecule has 26 heavy (non-hydrogen) atoms. The highest BCUT2D eigenvalue weighted by atomic mass is 35.5. The van der Waals surface area contributed by atoms with Gasteiger partial charge in [-0.15, -0.1) is 12.4 Å². The lowest BCUT2D eigenvalue weighted by Crippen LogP contribution is -2.57. The molecule has 6 heteroatoms. The number of unbranched alkanes of at least 4 members (excludes halogenated alkanes) is 11. The van der Waals surface area contributed by atoms with Crippen LogP contribution < -0.4 is 11.5 Å². The Balaban J connectivity index is 0. The minimum Gasteiger partial charge on any atom is -0.480 e. The molecule has 0 radical (unpaired) electrons. The Morgan fingerprint density at radius 2 is 1.23 bits per heavy atom. The van der Waals surface area contributed by atoms with Crippen molar-refractivity contribution in [1.29, 1.82) is 0 Å². The van der Waals surface area contributed by atoms with E-state index in [4.69, 9.17) is 11.5 Å². The Morgan fingerprint density at radius 3 is 1.54 bits per heavy atom. The van der Waals surface area contributed by atoms with Gasteiger partial charge in [-0.2, -0.15) is 0 Å². The molecule has 3 unspecified atom stereocenters. The van der Waals surface area contributed by atoms with Gasteiger partial charge < -0.3 is 16.6 Å². The number of rotatable bonds is 17. The van der Waals surface area contributed by atoms with Crippen LogP contribution in [0.3, 0.4) is 0 Å². The number of carbonyl (C=O) groups is 1. The summed E-state index contributed by atoms with van der Waals surface area (Å²) in [6.45, 7) is 6.52. The smallest absolute Gasteiger partial charge is 0.322 e. The maximum atomic E-state index is 11.4. The number of carboxylic acid groups (broad SMARTS) is 1. The van der Waals surface area contributed by atoms with Gasteiger partial charge in [0.2, 0.25) is 0 Å². The summed E-state index contributed by atoms with van der Waals surface area (Å²) in [5.74, 6) is -0.883. The Hall–Kier alpha value is -0.360. The molecule has 3 atom stereocenters. The monoisotopic (exact) mass is 393 g/mol. The molecule has 0 bridgehead atoms. The van der Waals surface area contributed by atoms with E-state index in [1.54, 1.807) is 6.92 Å². The molecule has 0 aromatic heterocycles. The van der Waals surface area contributed by atoms with Gasteiger partial charge in [0, 0.05) is 12.6 Å². The van der Waals surface area contributed by atoms with Crippen molar-refractivity contribution in [1.82, 2.24) is 4.90 Å². The van der Waals surface area contributed by atoms with Crippen molar-refractivity contribution in [3.05, 3.63) is 0 Å². The second-order valence-electron chi connectivity index (χ2n) is 7.51. The van der Waals surface area contributed by atoms with E-state index in [1.165, 1.54) is 64.2 Å². The topological polar surface area (TPSA) is 92.6 Å². The van der Waals surface area contributed by atoms with E-state index in [0.717, 1.165) is 12.8 Å². The van der Waals surface area contributed by atoms with Crippen LogP contribution in [0.25, 0.3) is 0 Å². The number of halogens is 1. The third-order valence-electron chi connectivity index (χ3n) is 4.90. The van der Waals surface area contributed by atoms with Crippen molar-refractivity contribution in [3.63, 3.8) is 0 Å². The molecule has 0 fully saturated rings. The summed E-state index contributed by atoms with van der Waals surface area (Å²) in [5.41, 5.74) is 11.8. The average Bonchev–Trinajstić information content (AvgIpc) is 2.53. The first-order chi connectivity index (χ1) is 11.9. The SMILES string of the molecule is CCCCCCCCCCCCCCN(C(C)N)C(C(=O)O)C(C)N.Cl. The number of carboxylic acids is 1. The summed E-state index contributed by atoms with van der Waals surface area (Å²) < 4.78 is 0. The third kappa shape index (κ3) is 13.8. The number of nitrogens with two attached hydrogens (primary N) is 2. The quantitative estimate of drug-likeness (QED) is 0.249. The first-order valence-electron chi connectivity index (χ1n) is 10.4. The van der Waals surface area contributed by atoms with E-state index in [1.807, 2.05) is 11.8 Å². The molecule has 0 spiro atoms. The van der Waals surface area contributed by atoms with Gasteiger partial charge in [0.15, 0.2) is 0 Å². The van der Waals surface area contributed by atoms with Crippen LogP contribution in [0.5, 0.6) is 0 Å². The lowest BCUT2D eigenvalue weighted by Gasteiger charge is -2.34. The summed E-state index contributed by atoms with van der Waals surface area (Å²) in [6.07, 6.45) is 15.2. The Labute approximate surface area is 167 Å². The summed E-state index contributed by atoms with van der Waals surface area (Å²) in [7, 11) is 0. The molecule has 0 aliphatic carbocycles. The van der Waals surface area contributed by atoms with Crippen LogP contribution in [0.4, 0.5) is 0 Å². The second-order valence-corrected chi connectivity index (χ2v) is 7.51. The molecule has 0 aliphatic heterocycles. The van der Waals surface area contributed by atoms with Crippen LogP contribution in [0.15, 0.2) is 0 Å². The fraction of sp³-hybridized carbons (Fsp3) is 0.950. The van der Waals surface area contributed by atoms with Crippen molar-refractivity contribution >= 4 is 18.4 Å². The highest BCUT2D eigenvalue weighted by Gasteiger charge is 2.30. The largest absolute Gasteiger partial charge is 0.480 e. The molecule has 5 N–H and O–H groups in total. The molecule has 158 valence electrons. The Kier molecular flexibility index (Phi) is 19.3. The number of aliphatic carboxylic acids is 1. The van der Waals surface area contributed by atoms with Gasteiger partial charge in [-0.25, -0.2) is 0 Å². The standard InChI is InChI=1S/C20H43N3O2.ClH/c1-4-5-6-7-8-9-10-11-12-13-14-15-16-23(18(3)22)19(17(2)21)20(24)25;/h17-19H,4-16,21-22H2,1-3H3,(H,24,25);1H. The molecule has 0 heterocycles. The fourth-order valence-electron chi connectivity index (χ4n) is 3.40. The van der Waals surface area contributed by atoms with Gasteiger partial charge in [-0.05, 0) is 20.3 Å². The minimum atomic E-state index is -0.883. The summed E-state index contributed by atoms with van der Waals surface area (Å²) in [5, 5.41) is 9.38. The lowest BCUT2D eigenvalue weighted by molar-refractivity contribution is -0.145. The molecule has 0 rings (SSSR count). The van der Waals surface area contributed by atoms with E-state index < -0.39 is 18.1 Å². The van der Waals surface area contributed by atoms with E-state index in [0.29, 0.717) is 6.54 Å². The maximum absolute atomic E-state index is 11.4. The lowest BCUT2D eigenvalue weighted by atomic mass is 10.0. The van der Waals surface area contributed by atoms with Crippen molar-refractivity contribution in [2.24, 2.45) is 11.5 Å². The summed E-state index contributed by atoms with van der Waals surface area (Å²) >= 11 is 0. The zero-order chi connectivity index (χ0) is 19.1. The van der Waals surface area contributed by atoms with Gasteiger partial charge in [0.05, 0.1) is 6.17 Å². The average molecular weight is 394 g/mol. The number of hydrogen-bond acceptors (Lipinski definition) is 4. The van der Waals surface area contributed by atoms with Crippen molar-refractivity contribution in [2.75, 3.05) is 6.54 Å². The summed E-state index contributed by atoms with van der Waals surface area (Å²) in [4.78, 5) is 13.3. The van der Waals surface area contributed by atoms with Crippen molar-refractivity contribution in [3.8, 4) is 0 Å². The second kappa shape index (κ2) is 18.0. The third-order valence-corrected chi connectivity index (χ3v) is 4.90. The van der Waals surface area contributed by atoms with Crippen LogP contribution >= 0.6 is 12.4 Å². The number of nitrogens with zero attached hydrogens (tertiary/aromatic N) is 1. The molecule has 0 saturated heterocycles. The first kappa shape index (κ1) is 27.9. The number of hydrogen-bond donors (Lipinski definition) is 3. The molecule has 0 amide bonds. The van der Waals surface area contributed by atoms with Crippen molar-refractivity contribution in [2.45, 2.75) is 116 Å². The molecule has 5 nitrogen and oxygen atoms in total. The minimum absolute atomic E-state index is 0. The van der Waals surface area contributed by atoms with Crippen LogP contribution in [-0.4, -0.2) is 40.8 Å². The van der Waals surface area contributed by atoms with E-state index in [-0.39, 0.29) is 18.6 Å². The fourth-order valence-corrected chi connectivity index (χ4v) is 3.40. The van der Waals surface area contributed by atoms with E-state index in [2.05, 4.69) is 6.92 Å². The molecular formula is C20H44ClN3O2. The molecule has 0 aromatic rings. The van der Waals surface area contributed by atoms with Gasteiger partial charge >= 0.3 is 5.97 Å². The van der Waals surface area contributed by atoms with Gasteiger partial charge in [0.1, 0.15) is 6.04 Å². The Bertz CT molecular complexity index is 328. The first-order valence-corrected chi connectivity index (χ1v) is 10.4. The van der Waals surface area contributed by atoms with Crippen LogP contribution in [0, 0.1) is 0 Å². The highest BCUT2D eigenvalue weighted by molar-refractivity contribution is 5.85. The molecule has 0 aromatic carbocycles. The summed E-state index contributed by atoms with van der Waals surface area (Å²) in [6, 6.07) is -1.13. The molecule has 0 aliphatic rings. The predicted molar refractivity (Wildman–Crippen MR) is 114 cm³/mol. The zero-order valence-electron chi connectivity index (χ0n) is 17.3. The van der Waals surface area contributed by atoms with Crippen LogP contribution in [0.1, 0.15) is 97.8 Å². The molecular weight excluding hydrogens is 350 g/mol. The van der Waals surface area contributed by atoms with Gasteiger partial charge in [0.25, 0.3) is 0 Å². The van der Waals surface area contributed by atoms with Crippen LogP contribution in [-0.2, 0) is 4.79 Å². The van der Waals surface area contributed by atoms with E-state index in [9.17, 15) is 9.90 Å². The van der Waals surface area contributed by atoms with Gasteiger partial charge in [-0.3, -0.25) is 9.69 Å². The Morgan fingerprint density at radius 1 is 0.846 bits per heavy atom. The predicted octanol–water partition coefficient (Wildman–Crippen LogP) is 4.52. The molecule has 0 saturated carbocycles. The maximum Gasteiger partial charge on any atom is 0.322 e. The van der Waals surface area contributed by atoms with Crippen molar-refractivity contribution < 1.29 is 9.90 Å². The normalized spacial score (nSPS) is 14.7.